The number of fused-ring (bicyclic) bond motifs is 4. The average molecular weight is 445 g/mol. The van der Waals surface area contributed by atoms with Crippen molar-refractivity contribution in [3.05, 3.63) is 63.2 Å². The summed E-state index contributed by atoms with van der Waals surface area (Å²) in [5.41, 5.74) is 7.45. The Bertz CT molecular complexity index is 1640. The summed E-state index contributed by atoms with van der Waals surface area (Å²) >= 11 is 0. The Morgan fingerprint density at radius 2 is 2.03 bits per heavy atom. The first-order valence-corrected chi connectivity index (χ1v) is 10.9. The summed E-state index contributed by atoms with van der Waals surface area (Å²) < 4.78 is 4.23. The third kappa shape index (κ3) is 3.04. The van der Waals surface area contributed by atoms with E-state index >= 15 is 0 Å². The first-order chi connectivity index (χ1) is 16.0. The largest absolute Gasteiger partial charge is 0.341 e. The SMILES string of the molecule is Cn1c(=O)n(Cc2nc3ccccc3c3ccnn23)c(=O)c2[nH]c(N3CCCC(N)C3)nc21. The van der Waals surface area contributed by atoms with Crippen LogP contribution in [0.1, 0.15) is 18.7 Å². The number of para-hydroxylation sites is 1. The molecule has 0 spiro atoms. The molecule has 6 rings (SSSR count). The Kier molecular flexibility index (Phi) is 4.34. The van der Waals surface area contributed by atoms with Gasteiger partial charge in [0.25, 0.3) is 5.56 Å². The van der Waals surface area contributed by atoms with E-state index in [0.29, 0.717) is 24.0 Å². The van der Waals surface area contributed by atoms with Gasteiger partial charge in [0.15, 0.2) is 17.0 Å². The molecule has 11 nitrogen and oxygen atoms in total. The van der Waals surface area contributed by atoms with Gasteiger partial charge in [-0.2, -0.15) is 10.1 Å². The molecule has 1 aliphatic heterocycles. The van der Waals surface area contributed by atoms with Gasteiger partial charge >= 0.3 is 5.69 Å². The highest BCUT2D eigenvalue weighted by molar-refractivity contribution is 5.93. The van der Waals surface area contributed by atoms with E-state index in [1.54, 1.807) is 17.8 Å². The number of aromatic amines is 1. The maximum atomic E-state index is 13.4. The van der Waals surface area contributed by atoms with Crippen LogP contribution < -0.4 is 21.9 Å². The van der Waals surface area contributed by atoms with E-state index < -0.39 is 11.2 Å². The summed E-state index contributed by atoms with van der Waals surface area (Å²) in [6, 6.07) is 9.67. The molecule has 0 bridgehead atoms. The van der Waals surface area contributed by atoms with Crippen LogP contribution in [0.4, 0.5) is 5.95 Å². The lowest BCUT2D eigenvalue weighted by Gasteiger charge is -2.30. The summed E-state index contributed by atoms with van der Waals surface area (Å²) in [5, 5.41) is 5.32. The van der Waals surface area contributed by atoms with Gasteiger partial charge in [-0.05, 0) is 25.0 Å². The van der Waals surface area contributed by atoms with Crippen molar-refractivity contribution in [3.8, 4) is 0 Å². The molecule has 1 unspecified atom stereocenters. The van der Waals surface area contributed by atoms with Crippen LogP contribution in [0.15, 0.2) is 46.1 Å². The molecule has 11 heteroatoms. The molecule has 0 saturated carbocycles. The Balaban J connectivity index is 1.50. The number of piperidine rings is 1. The van der Waals surface area contributed by atoms with Crippen LogP contribution in [-0.2, 0) is 13.6 Å². The summed E-state index contributed by atoms with van der Waals surface area (Å²) in [4.78, 5) is 41.0. The molecule has 1 aliphatic rings. The van der Waals surface area contributed by atoms with Crippen molar-refractivity contribution in [2.24, 2.45) is 12.8 Å². The van der Waals surface area contributed by atoms with Crippen LogP contribution in [0, 0.1) is 0 Å². The van der Waals surface area contributed by atoms with Crippen LogP contribution in [0.25, 0.3) is 27.6 Å². The van der Waals surface area contributed by atoms with Crippen LogP contribution >= 0.6 is 0 Å². The van der Waals surface area contributed by atoms with Crippen LogP contribution in [-0.4, -0.2) is 52.8 Å². The number of nitrogens with zero attached hydrogens (tertiary/aromatic N) is 7. The van der Waals surface area contributed by atoms with Crippen molar-refractivity contribution in [1.82, 2.24) is 33.7 Å². The standard InChI is InChI=1S/C22H23N9O2/c1-28-19-18(26-21(27-19)29-10-4-5-13(23)11-29)20(32)30(22(28)33)12-17-25-15-7-3-2-6-14(15)16-8-9-24-31(16)17/h2-3,6-9,13H,4-5,10-12,23H2,1H3,(H,26,27). The van der Waals surface area contributed by atoms with E-state index in [4.69, 9.17) is 10.7 Å². The maximum absolute atomic E-state index is 13.4. The number of nitrogens with one attached hydrogen (secondary N) is 1. The van der Waals surface area contributed by atoms with Gasteiger partial charge in [-0.3, -0.25) is 13.9 Å². The maximum Gasteiger partial charge on any atom is 0.332 e. The van der Waals surface area contributed by atoms with E-state index in [1.165, 1.54) is 9.13 Å². The smallest absolute Gasteiger partial charge is 0.332 e. The van der Waals surface area contributed by atoms with Crippen LogP contribution in [0.3, 0.4) is 0 Å². The van der Waals surface area contributed by atoms with Gasteiger partial charge in [0, 0.05) is 31.6 Å². The summed E-state index contributed by atoms with van der Waals surface area (Å²) in [5.74, 6) is 1.05. The number of hydrogen-bond acceptors (Lipinski definition) is 7. The van der Waals surface area contributed by atoms with Crippen LogP contribution in [0.2, 0.25) is 0 Å². The van der Waals surface area contributed by atoms with Crippen molar-refractivity contribution in [3.63, 3.8) is 0 Å². The summed E-state index contributed by atoms with van der Waals surface area (Å²) in [7, 11) is 1.62. The molecule has 5 aromatic rings. The fourth-order valence-corrected chi connectivity index (χ4v) is 4.66. The van der Waals surface area contributed by atoms with E-state index in [0.717, 1.165) is 35.8 Å². The van der Waals surface area contributed by atoms with Gasteiger partial charge < -0.3 is 15.6 Å². The average Bonchev–Trinajstić information content (AvgIpc) is 3.49. The fourth-order valence-electron chi connectivity index (χ4n) is 4.66. The molecular weight excluding hydrogens is 422 g/mol. The first kappa shape index (κ1) is 19.7. The van der Waals surface area contributed by atoms with Crippen molar-refractivity contribution in [2.75, 3.05) is 18.0 Å². The third-order valence-electron chi connectivity index (χ3n) is 6.34. The van der Waals surface area contributed by atoms with Gasteiger partial charge in [0.05, 0.1) is 23.8 Å². The first-order valence-electron chi connectivity index (χ1n) is 10.9. The predicted octanol–water partition coefficient (Wildman–Crippen LogP) is 0.595. The van der Waals surface area contributed by atoms with Crippen molar-refractivity contribution in [1.29, 1.82) is 0 Å². The van der Waals surface area contributed by atoms with Gasteiger partial charge in [-0.1, -0.05) is 18.2 Å². The minimum absolute atomic E-state index is 0.0204. The molecule has 0 radical (unpaired) electrons. The number of aryl methyl sites for hydroxylation is 1. The molecule has 1 saturated heterocycles. The molecule has 4 aromatic heterocycles. The van der Waals surface area contributed by atoms with E-state index in [-0.39, 0.29) is 18.1 Å². The molecule has 0 aliphatic carbocycles. The predicted molar refractivity (Wildman–Crippen MR) is 125 cm³/mol. The number of anilines is 1. The van der Waals surface area contributed by atoms with Crippen molar-refractivity contribution >= 4 is 33.5 Å². The summed E-state index contributed by atoms with van der Waals surface area (Å²) in [6.45, 7) is 1.43. The topological polar surface area (TPSA) is 132 Å². The van der Waals surface area contributed by atoms with E-state index in [2.05, 4.69) is 15.1 Å². The van der Waals surface area contributed by atoms with Gasteiger partial charge in [0.1, 0.15) is 0 Å². The van der Waals surface area contributed by atoms with E-state index in [9.17, 15) is 9.59 Å². The highest BCUT2D eigenvalue weighted by atomic mass is 16.2. The molecule has 3 N–H and O–H groups in total. The monoisotopic (exact) mass is 445 g/mol. The second-order valence-corrected chi connectivity index (χ2v) is 8.51. The number of H-pyrrole nitrogens is 1. The lowest BCUT2D eigenvalue weighted by molar-refractivity contribution is 0.501. The van der Waals surface area contributed by atoms with Crippen molar-refractivity contribution < 1.29 is 0 Å². The highest BCUT2D eigenvalue weighted by Gasteiger charge is 2.23. The normalized spacial score (nSPS) is 16.9. The van der Waals surface area contributed by atoms with Gasteiger partial charge in [0.2, 0.25) is 5.95 Å². The minimum atomic E-state index is -0.462. The zero-order chi connectivity index (χ0) is 22.7. The number of imidazole rings is 1. The molecule has 5 heterocycles. The Hall–Kier alpha value is -3.99. The molecule has 1 aromatic carbocycles. The van der Waals surface area contributed by atoms with Crippen molar-refractivity contribution in [2.45, 2.75) is 25.4 Å². The number of hydrogen-bond donors (Lipinski definition) is 2. The van der Waals surface area contributed by atoms with Gasteiger partial charge in [-0.15, -0.1) is 0 Å². The lowest BCUT2D eigenvalue weighted by atomic mass is 10.1. The zero-order valence-corrected chi connectivity index (χ0v) is 18.1. The highest BCUT2D eigenvalue weighted by Crippen LogP contribution is 2.20. The molecule has 0 amide bonds. The number of aromatic nitrogens is 7. The number of nitrogens with two attached hydrogens (primary N) is 1. The zero-order valence-electron chi connectivity index (χ0n) is 18.1. The Morgan fingerprint density at radius 1 is 1.18 bits per heavy atom. The molecule has 168 valence electrons. The quantitative estimate of drug-likeness (QED) is 0.415. The molecule has 1 atom stereocenters. The van der Waals surface area contributed by atoms with Gasteiger partial charge in [-0.25, -0.2) is 14.3 Å². The second-order valence-electron chi connectivity index (χ2n) is 8.51. The number of benzene rings is 1. The Labute approximate surface area is 187 Å². The lowest BCUT2D eigenvalue weighted by Crippen LogP contribution is -2.43. The molecule has 1 fully saturated rings. The Morgan fingerprint density at radius 3 is 2.88 bits per heavy atom. The fraction of sp³-hybridized carbons (Fsp3) is 0.318. The summed E-state index contributed by atoms with van der Waals surface area (Å²) in [6.07, 6.45) is 3.60. The minimum Gasteiger partial charge on any atom is -0.341 e. The molecular formula is C22H23N9O2. The molecule has 33 heavy (non-hydrogen) atoms. The second kappa shape index (κ2) is 7.27. The number of rotatable bonds is 3. The van der Waals surface area contributed by atoms with Crippen LogP contribution in [0.5, 0.6) is 0 Å². The third-order valence-corrected chi connectivity index (χ3v) is 6.34. The van der Waals surface area contributed by atoms with E-state index in [1.807, 2.05) is 35.2 Å².